The molecular formula is C15H23FN2O2S. The number of nitrogens with one attached hydrogen (secondary N) is 1. The molecule has 0 radical (unpaired) electrons. The van der Waals surface area contributed by atoms with Crippen molar-refractivity contribution in [3.8, 4) is 0 Å². The number of nitrogens with zero attached hydrogens (tertiary/aromatic N) is 1. The van der Waals surface area contributed by atoms with E-state index in [-0.39, 0.29) is 29.4 Å². The lowest BCUT2D eigenvalue weighted by Crippen LogP contribution is -2.47. The third-order valence-corrected chi connectivity index (χ3v) is 5.74. The summed E-state index contributed by atoms with van der Waals surface area (Å²) in [5.74, 6) is 0.0409. The van der Waals surface area contributed by atoms with Crippen molar-refractivity contribution in [3.63, 3.8) is 0 Å². The van der Waals surface area contributed by atoms with Gasteiger partial charge >= 0.3 is 0 Å². The number of benzene rings is 1. The lowest BCUT2D eigenvalue weighted by Gasteiger charge is -2.37. The Hall–Kier alpha value is -1.14. The number of hydrogen-bond donors (Lipinski definition) is 1. The highest BCUT2D eigenvalue weighted by Gasteiger charge is 2.30. The minimum absolute atomic E-state index is 0.0198. The standard InChI is InChI=1S/C15H23FN2O2S/c1-4-17-12(3)14-9-13(16)5-6-15(14)18-7-8-21(19,20)10-11(18)2/h5-6,9,11-12,17H,4,7-8,10H2,1-3H3. The molecule has 1 aliphatic rings. The van der Waals surface area contributed by atoms with E-state index in [1.807, 2.05) is 20.8 Å². The van der Waals surface area contributed by atoms with Gasteiger partial charge in [-0.25, -0.2) is 12.8 Å². The van der Waals surface area contributed by atoms with Gasteiger partial charge in [0.2, 0.25) is 0 Å². The third-order valence-electron chi connectivity index (χ3n) is 3.95. The summed E-state index contributed by atoms with van der Waals surface area (Å²) in [5.41, 5.74) is 1.80. The average Bonchev–Trinajstić information content (AvgIpc) is 2.39. The van der Waals surface area contributed by atoms with Crippen molar-refractivity contribution in [1.82, 2.24) is 5.32 Å². The predicted molar refractivity (Wildman–Crippen MR) is 84.0 cm³/mol. The largest absolute Gasteiger partial charge is 0.367 e. The van der Waals surface area contributed by atoms with Crippen LogP contribution in [0.3, 0.4) is 0 Å². The summed E-state index contributed by atoms with van der Waals surface area (Å²) < 4.78 is 37.0. The van der Waals surface area contributed by atoms with E-state index in [0.717, 1.165) is 17.8 Å². The Morgan fingerprint density at radius 3 is 2.81 bits per heavy atom. The Morgan fingerprint density at radius 2 is 2.19 bits per heavy atom. The number of halogens is 1. The Labute approximate surface area is 126 Å². The van der Waals surface area contributed by atoms with Crippen molar-refractivity contribution in [2.24, 2.45) is 0 Å². The number of sulfone groups is 1. The molecule has 0 aliphatic carbocycles. The fraction of sp³-hybridized carbons (Fsp3) is 0.600. The van der Waals surface area contributed by atoms with Crippen LogP contribution in [0.4, 0.5) is 10.1 Å². The van der Waals surface area contributed by atoms with Gasteiger partial charge in [-0.3, -0.25) is 0 Å². The van der Waals surface area contributed by atoms with Crippen LogP contribution >= 0.6 is 0 Å². The molecule has 2 atom stereocenters. The van der Waals surface area contributed by atoms with Gasteiger partial charge < -0.3 is 10.2 Å². The molecule has 4 nitrogen and oxygen atoms in total. The van der Waals surface area contributed by atoms with Gasteiger partial charge in [0.05, 0.1) is 11.5 Å². The van der Waals surface area contributed by atoms with Crippen LogP contribution in [0.1, 0.15) is 32.4 Å². The molecule has 2 rings (SSSR count). The monoisotopic (exact) mass is 314 g/mol. The van der Waals surface area contributed by atoms with Crippen LogP contribution in [0, 0.1) is 5.82 Å². The molecule has 0 bridgehead atoms. The second-order valence-electron chi connectivity index (χ2n) is 5.64. The summed E-state index contributed by atoms with van der Waals surface area (Å²) >= 11 is 0. The van der Waals surface area contributed by atoms with Crippen molar-refractivity contribution in [1.29, 1.82) is 0 Å². The van der Waals surface area contributed by atoms with E-state index in [1.54, 1.807) is 12.1 Å². The molecule has 6 heteroatoms. The highest BCUT2D eigenvalue weighted by atomic mass is 32.2. The zero-order valence-corrected chi connectivity index (χ0v) is 13.6. The van der Waals surface area contributed by atoms with E-state index >= 15 is 0 Å². The Kier molecular flexibility index (Phi) is 4.88. The van der Waals surface area contributed by atoms with Gasteiger partial charge in [-0.15, -0.1) is 0 Å². The normalized spacial score (nSPS) is 23.0. The van der Waals surface area contributed by atoms with E-state index in [1.165, 1.54) is 6.07 Å². The van der Waals surface area contributed by atoms with Crippen LogP contribution in [0.15, 0.2) is 18.2 Å². The van der Waals surface area contributed by atoms with Crippen molar-refractivity contribution in [2.45, 2.75) is 32.9 Å². The summed E-state index contributed by atoms with van der Waals surface area (Å²) in [4.78, 5) is 2.07. The third kappa shape index (κ3) is 3.74. The molecule has 0 spiro atoms. The van der Waals surface area contributed by atoms with Crippen LogP contribution in [0.25, 0.3) is 0 Å². The first-order chi connectivity index (χ1) is 9.84. The van der Waals surface area contributed by atoms with Crippen LogP contribution in [0.5, 0.6) is 0 Å². The van der Waals surface area contributed by atoms with Crippen LogP contribution in [0.2, 0.25) is 0 Å². The van der Waals surface area contributed by atoms with E-state index in [2.05, 4.69) is 10.2 Å². The maximum atomic E-state index is 13.6. The molecule has 0 saturated carbocycles. The van der Waals surface area contributed by atoms with Gasteiger partial charge in [-0.1, -0.05) is 6.92 Å². The Bertz CT molecular complexity index is 604. The predicted octanol–water partition coefficient (Wildman–Crippen LogP) is 2.12. The molecule has 1 aliphatic heterocycles. The summed E-state index contributed by atoms with van der Waals surface area (Å²) in [6.45, 7) is 7.16. The molecule has 2 unspecified atom stereocenters. The van der Waals surface area contributed by atoms with E-state index < -0.39 is 9.84 Å². The molecule has 1 aromatic rings. The minimum Gasteiger partial charge on any atom is -0.367 e. The summed E-state index contributed by atoms with van der Waals surface area (Å²) in [7, 11) is -2.96. The Balaban J connectivity index is 2.35. The zero-order valence-electron chi connectivity index (χ0n) is 12.8. The van der Waals surface area contributed by atoms with E-state index in [9.17, 15) is 12.8 Å². The van der Waals surface area contributed by atoms with Gasteiger partial charge in [-0.05, 0) is 44.2 Å². The van der Waals surface area contributed by atoms with Crippen LogP contribution < -0.4 is 10.2 Å². The van der Waals surface area contributed by atoms with E-state index in [4.69, 9.17) is 0 Å². The fourth-order valence-electron chi connectivity index (χ4n) is 2.91. The molecule has 21 heavy (non-hydrogen) atoms. The smallest absolute Gasteiger partial charge is 0.154 e. The molecule has 1 fully saturated rings. The average molecular weight is 314 g/mol. The first-order valence-corrected chi connectivity index (χ1v) is 9.16. The first kappa shape index (κ1) is 16.2. The number of anilines is 1. The molecule has 1 heterocycles. The van der Waals surface area contributed by atoms with Gasteiger partial charge in [0.1, 0.15) is 5.82 Å². The van der Waals surface area contributed by atoms with Gasteiger partial charge in [0.25, 0.3) is 0 Å². The van der Waals surface area contributed by atoms with Crippen molar-refractivity contribution in [3.05, 3.63) is 29.6 Å². The summed E-state index contributed by atoms with van der Waals surface area (Å²) in [6.07, 6.45) is 0. The quantitative estimate of drug-likeness (QED) is 0.925. The van der Waals surface area contributed by atoms with Crippen molar-refractivity contribution < 1.29 is 12.8 Å². The van der Waals surface area contributed by atoms with Crippen LogP contribution in [-0.2, 0) is 9.84 Å². The topological polar surface area (TPSA) is 49.4 Å². The van der Waals surface area contributed by atoms with Crippen molar-refractivity contribution >= 4 is 15.5 Å². The summed E-state index contributed by atoms with van der Waals surface area (Å²) in [6, 6.07) is 4.66. The number of rotatable bonds is 4. The fourth-order valence-corrected chi connectivity index (χ4v) is 4.46. The SMILES string of the molecule is CCNC(C)c1cc(F)ccc1N1CCS(=O)(=O)CC1C. The second-order valence-corrected chi connectivity index (χ2v) is 7.87. The molecule has 1 aromatic carbocycles. The molecule has 1 saturated heterocycles. The van der Waals surface area contributed by atoms with Gasteiger partial charge in [0, 0.05) is 24.3 Å². The molecule has 0 amide bonds. The maximum Gasteiger partial charge on any atom is 0.154 e. The molecule has 1 N–H and O–H groups in total. The zero-order chi connectivity index (χ0) is 15.6. The molecule has 0 aromatic heterocycles. The van der Waals surface area contributed by atoms with E-state index in [0.29, 0.717) is 6.54 Å². The second kappa shape index (κ2) is 6.32. The maximum absolute atomic E-state index is 13.6. The van der Waals surface area contributed by atoms with Crippen molar-refractivity contribution in [2.75, 3.05) is 29.5 Å². The van der Waals surface area contributed by atoms with Gasteiger partial charge in [0.15, 0.2) is 9.84 Å². The first-order valence-electron chi connectivity index (χ1n) is 7.34. The highest BCUT2D eigenvalue weighted by molar-refractivity contribution is 7.91. The lowest BCUT2D eigenvalue weighted by atomic mass is 10.0. The highest BCUT2D eigenvalue weighted by Crippen LogP contribution is 2.30. The van der Waals surface area contributed by atoms with Gasteiger partial charge in [-0.2, -0.15) is 0 Å². The number of hydrogen-bond acceptors (Lipinski definition) is 4. The molecular weight excluding hydrogens is 291 g/mol. The molecule has 118 valence electrons. The lowest BCUT2D eigenvalue weighted by molar-refractivity contribution is 0.559. The minimum atomic E-state index is -2.96. The van der Waals surface area contributed by atoms with Crippen LogP contribution in [-0.4, -0.2) is 39.1 Å². The Morgan fingerprint density at radius 1 is 1.48 bits per heavy atom. The summed E-state index contributed by atoms with van der Waals surface area (Å²) in [5, 5.41) is 3.29.